The van der Waals surface area contributed by atoms with Crippen LogP contribution in [-0.4, -0.2) is 19.4 Å². The lowest BCUT2D eigenvalue weighted by Gasteiger charge is -2.13. The molecule has 0 aromatic heterocycles. The summed E-state index contributed by atoms with van der Waals surface area (Å²) in [5.74, 6) is -0.603. The predicted molar refractivity (Wildman–Crippen MR) is 70.2 cm³/mol. The highest BCUT2D eigenvalue weighted by Crippen LogP contribution is 2.33. The lowest BCUT2D eigenvalue weighted by molar-refractivity contribution is -0.387. The number of nitrogens with one attached hydrogen (secondary N) is 1. The van der Waals surface area contributed by atoms with Gasteiger partial charge in [0.2, 0.25) is 15.8 Å². The van der Waals surface area contributed by atoms with Crippen molar-refractivity contribution >= 4 is 15.7 Å². The van der Waals surface area contributed by atoms with Crippen LogP contribution in [0.2, 0.25) is 0 Å². The summed E-state index contributed by atoms with van der Waals surface area (Å²) in [6.45, 7) is 1.75. The summed E-state index contributed by atoms with van der Waals surface area (Å²) in [5.41, 5.74) is -0.741. The maximum absolute atomic E-state index is 13.5. The molecule has 8 heteroatoms. The van der Waals surface area contributed by atoms with Crippen LogP contribution < -0.4 is 4.72 Å². The third-order valence-corrected chi connectivity index (χ3v) is 4.75. The lowest BCUT2D eigenvalue weighted by Crippen LogP contribution is -2.33. The van der Waals surface area contributed by atoms with Crippen molar-refractivity contribution in [2.75, 3.05) is 0 Å². The molecule has 1 fully saturated rings. The first-order chi connectivity index (χ1) is 9.29. The predicted octanol–water partition coefficient (Wildman–Crippen LogP) is 2.20. The van der Waals surface area contributed by atoms with Crippen molar-refractivity contribution in [3.63, 3.8) is 0 Å². The number of benzene rings is 1. The smallest absolute Gasteiger partial charge is 0.258 e. The lowest BCUT2D eigenvalue weighted by atomic mass is 10.2. The highest BCUT2D eigenvalue weighted by atomic mass is 32.2. The molecular formula is C12H15FN2O4S. The third-order valence-electron chi connectivity index (χ3n) is 3.17. The minimum absolute atomic E-state index is 0.245. The van der Waals surface area contributed by atoms with E-state index in [-0.39, 0.29) is 10.9 Å². The molecular weight excluding hydrogens is 287 g/mol. The van der Waals surface area contributed by atoms with Gasteiger partial charge < -0.3 is 0 Å². The van der Waals surface area contributed by atoms with E-state index in [1.807, 2.05) is 0 Å². The molecule has 0 amide bonds. The summed E-state index contributed by atoms with van der Waals surface area (Å²) in [4.78, 5) is 9.29. The monoisotopic (exact) mass is 302 g/mol. The van der Waals surface area contributed by atoms with Gasteiger partial charge in [-0.2, -0.15) is 4.39 Å². The van der Waals surface area contributed by atoms with Gasteiger partial charge in [0.1, 0.15) is 0 Å². The second kappa shape index (κ2) is 5.45. The van der Waals surface area contributed by atoms with Crippen LogP contribution in [-0.2, 0) is 10.0 Å². The highest BCUT2D eigenvalue weighted by Gasteiger charge is 2.27. The van der Waals surface area contributed by atoms with Gasteiger partial charge in [-0.25, -0.2) is 13.1 Å². The minimum atomic E-state index is -3.85. The summed E-state index contributed by atoms with van der Waals surface area (Å²) in [6.07, 6.45) is 2.96. The van der Waals surface area contributed by atoms with Crippen LogP contribution in [0.15, 0.2) is 23.1 Å². The Balaban J connectivity index is 2.16. The van der Waals surface area contributed by atoms with Crippen molar-refractivity contribution in [3.05, 3.63) is 34.1 Å². The first-order valence-corrected chi connectivity index (χ1v) is 7.74. The molecule has 1 aromatic rings. The van der Waals surface area contributed by atoms with Crippen molar-refractivity contribution in [3.8, 4) is 0 Å². The number of rotatable bonds is 6. The molecule has 20 heavy (non-hydrogen) atoms. The summed E-state index contributed by atoms with van der Waals surface area (Å²) in [7, 11) is -3.85. The molecule has 1 saturated carbocycles. The van der Waals surface area contributed by atoms with E-state index in [4.69, 9.17) is 0 Å². The Labute approximate surface area is 116 Å². The number of hydrogen-bond donors (Lipinski definition) is 1. The first kappa shape index (κ1) is 14.9. The van der Waals surface area contributed by atoms with Crippen LogP contribution >= 0.6 is 0 Å². The van der Waals surface area contributed by atoms with Crippen LogP contribution in [0.1, 0.15) is 26.2 Å². The zero-order valence-electron chi connectivity index (χ0n) is 10.9. The van der Waals surface area contributed by atoms with Crippen molar-refractivity contribution < 1.29 is 17.7 Å². The average Bonchev–Trinajstić information content (AvgIpc) is 3.11. The van der Waals surface area contributed by atoms with E-state index in [0.717, 1.165) is 31.4 Å². The van der Waals surface area contributed by atoms with E-state index in [0.29, 0.717) is 12.0 Å². The van der Waals surface area contributed by atoms with E-state index in [2.05, 4.69) is 4.72 Å². The maximum atomic E-state index is 13.5. The standard InChI is InChI=1S/C12H15FN2O4S/c1-8(6-9-2-3-9)14-20(18,19)10-4-5-12(15(16)17)11(13)7-10/h4-5,7-9,14H,2-3,6H2,1H3. The van der Waals surface area contributed by atoms with E-state index in [1.54, 1.807) is 6.92 Å². The number of sulfonamides is 1. The number of nitro groups is 1. The number of nitrogens with zero attached hydrogens (tertiary/aromatic N) is 1. The molecule has 0 spiro atoms. The van der Waals surface area contributed by atoms with Crippen LogP contribution in [0.3, 0.4) is 0 Å². The van der Waals surface area contributed by atoms with Crippen molar-refractivity contribution in [1.82, 2.24) is 4.72 Å². The summed E-state index contributed by atoms with van der Waals surface area (Å²) in [6, 6.07) is 2.32. The fourth-order valence-corrected chi connectivity index (χ4v) is 3.31. The fraction of sp³-hybridized carbons (Fsp3) is 0.500. The van der Waals surface area contributed by atoms with Crippen molar-refractivity contribution in [2.45, 2.75) is 37.1 Å². The first-order valence-electron chi connectivity index (χ1n) is 6.26. The van der Waals surface area contributed by atoms with Gasteiger partial charge in [0.25, 0.3) is 0 Å². The molecule has 1 aliphatic carbocycles. The topological polar surface area (TPSA) is 89.3 Å². The van der Waals surface area contributed by atoms with Gasteiger partial charge in [-0.3, -0.25) is 10.1 Å². The second-order valence-electron chi connectivity index (χ2n) is 5.07. The Morgan fingerprint density at radius 2 is 2.15 bits per heavy atom. The molecule has 0 radical (unpaired) electrons. The number of halogens is 1. The fourth-order valence-electron chi connectivity index (χ4n) is 2.04. The second-order valence-corrected chi connectivity index (χ2v) is 6.79. The average molecular weight is 302 g/mol. The normalized spacial score (nSPS) is 16.9. The number of hydrogen-bond acceptors (Lipinski definition) is 4. The molecule has 2 rings (SSSR count). The molecule has 0 bridgehead atoms. The maximum Gasteiger partial charge on any atom is 0.304 e. The molecule has 1 aliphatic rings. The van der Waals surface area contributed by atoms with E-state index >= 15 is 0 Å². The van der Waals surface area contributed by atoms with Gasteiger partial charge >= 0.3 is 5.69 Å². The Morgan fingerprint density at radius 3 is 2.65 bits per heavy atom. The van der Waals surface area contributed by atoms with Crippen LogP contribution in [0.4, 0.5) is 10.1 Å². The quantitative estimate of drug-likeness (QED) is 0.644. The molecule has 0 heterocycles. The van der Waals surface area contributed by atoms with E-state index < -0.39 is 26.5 Å². The number of nitro benzene ring substituents is 1. The summed E-state index contributed by atoms with van der Waals surface area (Å²) in [5, 5.41) is 10.5. The molecule has 0 aliphatic heterocycles. The molecule has 1 N–H and O–H groups in total. The SMILES string of the molecule is CC(CC1CC1)NS(=O)(=O)c1ccc([N+](=O)[O-])c(F)c1. The molecule has 0 saturated heterocycles. The molecule has 6 nitrogen and oxygen atoms in total. The van der Waals surface area contributed by atoms with Crippen LogP contribution in [0, 0.1) is 21.8 Å². The van der Waals surface area contributed by atoms with Gasteiger partial charge in [-0.1, -0.05) is 12.8 Å². The molecule has 1 atom stereocenters. The van der Waals surface area contributed by atoms with E-state index in [9.17, 15) is 22.9 Å². The Bertz CT molecular complexity index is 628. The zero-order chi connectivity index (χ0) is 14.9. The van der Waals surface area contributed by atoms with Gasteiger partial charge in [0.15, 0.2) is 0 Å². The van der Waals surface area contributed by atoms with Gasteiger partial charge in [-0.05, 0) is 25.3 Å². The molecule has 1 aromatic carbocycles. The minimum Gasteiger partial charge on any atom is -0.258 e. The molecule has 110 valence electrons. The zero-order valence-corrected chi connectivity index (χ0v) is 11.7. The Morgan fingerprint density at radius 1 is 1.50 bits per heavy atom. The van der Waals surface area contributed by atoms with Crippen LogP contribution in [0.25, 0.3) is 0 Å². The highest BCUT2D eigenvalue weighted by molar-refractivity contribution is 7.89. The summed E-state index contributed by atoms with van der Waals surface area (Å²) < 4.78 is 40.0. The third kappa shape index (κ3) is 3.51. The van der Waals surface area contributed by atoms with Crippen molar-refractivity contribution in [2.24, 2.45) is 5.92 Å². The van der Waals surface area contributed by atoms with Gasteiger partial charge in [-0.15, -0.1) is 0 Å². The Hall–Kier alpha value is -1.54. The largest absolute Gasteiger partial charge is 0.304 e. The molecule has 1 unspecified atom stereocenters. The summed E-state index contributed by atoms with van der Waals surface area (Å²) >= 11 is 0. The van der Waals surface area contributed by atoms with E-state index in [1.165, 1.54) is 0 Å². The van der Waals surface area contributed by atoms with Gasteiger partial charge in [0, 0.05) is 18.2 Å². The van der Waals surface area contributed by atoms with Crippen molar-refractivity contribution in [1.29, 1.82) is 0 Å². The Kier molecular flexibility index (Phi) is 4.05. The van der Waals surface area contributed by atoms with Gasteiger partial charge in [0.05, 0.1) is 9.82 Å². The van der Waals surface area contributed by atoms with Crippen LogP contribution in [0.5, 0.6) is 0 Å².